The Kier molecular flexibility index (Phi) is 3.77. The summed E-state index contributed by atoms with van der Waals surface area (Å²) in [5, 5.41) is 6.09. The first-order valence-corrected chi connectivity index (χ1v) is 7.05. The van der Waals surface area contributed by atoms with Crippen molar-refractivity contribution in [1.82, 2.24) is 0 Å². The Balaban J connectivity index is 1.96. The lowest BCUT2D eigenvalue weighted by Gasteiger charge is -2.11. The second kappa shape index (κ2) is 5.73. The van der Waals surface area contributed by atoms with Crippen LogP contribution in [0.15, 0.2) is 59.2 Å². The lowest BCUT2D eigenvalue weighted by atomic mass is 10.1. The Morgan fingerprint density at radius 1 is 1.18 bits per heavy atom. The molecule has 2 aromatic carbocycles. The Labute approximate surface area is 132 Å². The van der Waals surface area contributed by atoms with Crippen LogP contribution in [0.3, 0.4) is 0 Å². The highest BCUT2D eigenvalue weighted by atomic mass is 35.5. The predicted octanol–water partition coefficient (Wildman–Crippen LogP) is 4.29. The van der Waals surface area contributed by atoms with E-state index in [1.807, 2.05) is 0 Å². The predicted molar refractivity (Wildman–Crippen MR) is 86.4 cm³/mol. The van der Waals surface area contributed by atoms with Crippen LogP contribution in [0.2, 0.25) is 5.02 Å². The number of rotatable bonds is 2. The normalized spacial score (nSPS) is 16.3. The van der Waals surface area contributed by atoms with E-state index in [4.69, 9.17) is 11.6 Å². The number of anilines is 1. The molecule has 22 heavy (non-hydrogen) atoms. The van der Waals surface area contributed by atoms with Crippen LogP contribution in [-0.2, 0) is 4.79 Å². The summed E-state index contributed by atoms with van der Waals surface area (Å²) >= 11 is 5.95. The van der Waals surface area contributed by atoms with Gasteiger partial charge in [0.2, 0.25) is 0 Å². The van der Waals surface area contributed by atoms with E-state index in [1.54, 1.807) is 49.4 Å². The van der Waals surface area contributed by atoms with Gasteiger partial charge in [-0.2, -0.15) is 10.1 Å². The van der Waals surface area contributed by atoms with Gasteiger partial charge in [-0.25, -0.2) is 4.39 Å². The van der Waals surface area contributed by atoms with Gasteiger partial charge in [0.15, 0.2) is 0 Å². The number of hydrazone groups is 1. The van der Waals surface area contributed by atoms with Crippen LogP contribution in [0, 0.1) is 5.82 Å². The van der Waals surface area contributed by atoms with Crippen LogP contribution >= 0.6 is 11.6 Å². The first kappa shape index (κ1) is 14.5. The van der Waals surface area contributed by atoms with Crippen molar-refractivity contribution in [2.24, 2.45) is 5.10 Å². The zero-order valence-electron chi connectivity index (χ0n) is 11.8. The van der Waals surface area contributed by atoms with Gasteiger partial charge in [-0.05, 0) is 48.9 Å². The van der Waals surface area contributed by atoms with Gasteiger partial charge >= 0.3 is 0 Å². The third-order valence-electron chi connectivity index (χ3n) is 3.28. The molecular weight excluding hydrogens is 303 g/mol. The number of benzene rings is 2. The van der Waals surface area contributed by atoms with Gasteiger partial charge in [-0.3, -0.25) is 4.79 Å². The summed E-state index contributed by atoms with van der Waals surface area (Å²) in [6.45, 7) is 1.74. The minimum atomic E-state index is -0.346. The summed E-state index contributed by atoms with van der Waals surface area (Å²) in [6, 6.07) is 13.0. The molecule has 0 saturated carbocycles. The van der Waals surface area contributed by atoms with Crippen molar-refractivity contribution >= 4 is 35.0 Å². The number of halogens is 2. The van der Waals surface area contributed by atoms with Crippen LogP contribution in [0.4, 0.5) is 10.1 Å². The van der Waals surface area contributed by atoms with Crippen molar-refractivity contribution in [3.63, 3.8) is 0 Å². The van der Waals surface area contributed by atoms with E-state index in [-0.39, 0.29) is 11.7 Å². The van der Waals surface area contributed by atoms with Crippen LogP contribution in [0.5, 0.6) is 0 Å². The van der Waals surface area contributed by atoms with Gasteiger partial charge in [-0.1, -0.05) is 29.8 Å². The molecular formula is C17H12ClFN2O. The van der Waals surface area contributed by atoms with Crippen LogP contribution in [0.25, 0.3) is 6.08 Å². The Morgan fingerprint density at radius 2 is 1.95 bits per heavy atom. The average molecular weight is 315 g/mol. The van der Waals surface area contributed by atoms with Crippen molar-refractivity contribution in [3.8, 4) is 0 Å². The van der Waals surface area contributed by atoms with Crippen molar-refractivity contribution in [2.75, 3.05) is 5.01 Å². The first-order valence-electron chi connectivity index (χ1n) is 6.67. The van der Waals surface area contributed by atoms with E-state index in [0.29, 0.717) is 27.6 Å². The fraction of sp³-hybridized carbons (Fsp3) is 0.0588. The SMILES string of the molecule is CC1=NN(c2cccc(Cl)c2)C(=O)/C1=C/c1cccc(F)c1. The molecule has 110 valence electrons. The highest BCUT2D eigenvalue weighted by molar-refractivity contribution is 6.33. The molecule has 0 N–H and O–H groups in total. The van der Waals surface area contributed by atoms with Crippen LogP contribution < -0.4 is 5.01 Å². The number of hydrogen-bond acceptors (Lipinski definition) is 2. The smallest absolute Gasteiger partial charge is 0.267 e. The quantitative estimate of drug-likeness (QED) is 0.761. The molecule has 0 fully saturated rings. The summed E-state index contributed by atoms with van der Waals surface area (Å²) in [7, 11) is 0. The molecule has 0 bridgehead atoms. The summed E-state index contributed by atoms with van der Waals surface area (Å²) in [6.07, 6.45) is 1.63. The molecule has 0 saturated heterocycles. The molecule has 0 spiro atoms. The molecule has 1 amide bonds. The fourth-order valence-electron chi connectivity index (χ4n) is 2.23. The van der Waals surface area contributed by atoms with Crippen LogP contribution in [0.1, 0.15) is 12.5 Å². The van der Waals surface area contributed by atoms with Gasteiger partial charge < -0.3 is 0 Å². The Hall–Kier alpha value is -2.46. The molecule has 1 heterocycles. The van der Waals surface area contributed by atoms with Crippen molar-refractivity contribution in [2.45, 2.75) is 6.92 Å². The second-order valence-corrected chi connectivity index (χ2v) is 5.33. The first-order chi connectivity index (χ1) is 10.5. The van der Waals surface area contributed by atoms with Gasteiger partial charge in [0.05, 0.1) is 17.0 Å². The van der Waals surface area contributed by atoms with E-state index in [1.165, 1.54) is 17.1 Å². The van der Waals surface area contributed by atoms with Gasteiger partial charge in [-0.15, -0.1) is 0 Å². The number of nitrogens with zero attached hydrogens (tertiary/aromatic N) is 2. The second-order valence-electron chi connectivity index (χ2n) is 4.90. The monoisotopic (exact) mass is 314 g/mol. The van der Waals surface area contributed by atoms with Gasteiger partial charge in [0.1, 0.15) is 5.82 Å². The summed E-state index contributed by atoms with van der Waals surface area (Å²) in [4.78, 5) is 12.5. The third kappa shape index (κ3) is 2.78. The fourth-order valence-corrected chi connectivity index (χ4v) is 2.41. The van der Waals surface area contributed by atoms with E-state index in [9.17, 15) is 9.18 Å². The summed E-state index contributed by atoms with van der Waals surface area (Å²) in [5.74, 6) is -0.606. The molecule has 0 aliphatic carbocycles. The lowest BCUT2D eigenvalue weighted by Crippen LogP contribution is -2.21. The Morgan fingerprint density at radius 3 is 2.68 bits per heavy atom. The van der Waals surface area contributed by atoms with Crippen molar-refractivity contribution in [3.05, 3.63) is 70.5 Å². The molecule has 0 radical (unpaired) electrons. The molecule has 5 heteroatoms. The van der Waals surface area contributed by atoms with Gasteiger partial charge in [0, 0.05) is 5.02 Å². The molecule has 3 nitrogen and oxygen atoms in total. The highest BCUT2D eigenvalue weighted by Gasteiger charge is 2.28. The summed E-state index contributed by atoms with van der Waals surface area (Å²) < 4.78 is 13.3. The number of amides is 1. The van der Waals surface area contributed by atoms with Gasteiger partial charge in [0.25, 0.3) is 5.91 Å². The van der Waals surface area contributed by atoms with Crippen molar-refractivity contribution in [1.29, 1.82) is 0 Å². The summed E-state index contributed by atoms with van der Waals surface area (Å²) in [5.41, 5.74) is 2.23. The zero-order valence-corrected chi connectivity index (χ0v) is 12.5. The largest absolute Gasteiger partial charge is 0.280 e. The van der Waals surface area contributed by atoms with Crippen LogP contribution in [-0.4, -0.2) is 11.6 Å². The maximum Gasteiger partial charge on any atom is 0.280 e. The molecule has 0 aromatic heterocycles. The number of carbonyl (C=O) groups excluding carboxylic acids is 1. The maximum absolute atomic E-state index is 13.3. The number of carbonyl (C=O) groups is 1. The minimum absolute atomic E-state index is 0.260. The maximum atomic E-state index is 13.3. The molecule has 3 rings (SSSR count). The molecule has 0 unspecified atom stereocenters. The molecule has 0 atom stereocenters. The highest BCUT2D eigenvalue weighted by Crippen LogP contribution is 2.26. The Bertz CT molecular complexity index is 814. The van der Waals surface area contributed by atoms with E-state index >= 15 is 0 Å². The van der Waals surface area contributed by atoms with E-state index in [0.717, 1.165) is 0 Å². The minimum Gasteiger partial charge on any atom is -0.267 e. The van der Waals surface area contributed by atoms with E-state index < -0.39 is 0 Å². The van der Waals surface area contributed by atoms with Crippen molar-refractivity contribution < 1.29 is 9.18 Å². The standard InChI is InChI=1S/C17H12ClFN2O/c1-11-16(9-12-4-2-6-14(19)8-12)17(22)21(20-11)15-7-3-5-13(18)10-15/h2-10H,1H3/b16-9+. The third-order valence-corrected chi connectivity index (χ3v) is 3.51. The lowest BCUT2D eigenvalue weighted by molar-refractivity contribution is -0.114. The average Bonchev–Trinajstić information content (AvgIpc) is 2.75. The molecule has 1 aliphatic rings. The topological polar surface area (TPSA) is 32.7 Å². The van der Waals surface area contributed by atoms with E-state index in [2.05, 4.69) is 5.10 Å². The molecule has 1 aliphatic heterocycles. The zero-order chi connectivity index (χ0) is 15.7. The molecule has 2 aromatic rings. The number of hydrogen-bond donors (Lipinski definition) is 0.